The number of aromatic nitrogens is 2. The zero-order valence-electron chi connectivity index (χ0n) is 11.5. The van der Waals surface area contributed by atoms with E-state index in [2.05, 4.69) is 11.6 Å². The highest BCUT2D eigenvalue weighted by atomic mass is 35.5. The fourth-order valence-corrected chi connectivity index (χ4v) is 2.76. The summed E-state index contributed by atoms with van der Waals surface area (Å²) in [6.45, 7) is 2.90. The number of halogens is 7. The fourth-order valence-electron chi connectivity index (χ4n) is 1.32. The third-order valence-electron chi connectivity index (χ3n) is 2.34. The summed E-state index contributed by atoms with van der Waals surface area (Å²) in [5.74, 6) is -2.97. The van der Waals surface area contributed by atoms with Crippen LogP contribution < -0.4 is 11.3 Å². The van der Waals surface area contributed by atoms with E-state index in [-0.39, 0.29) is 11.6 Å². The molecule has 3 N–H and O–H groups in total. The standard InChI is InChI=1S/C12H8Cl2F5N3OS/c1-4(15)8(13)5(9(14)10(16)20)3-24-11-21-6(12(17,18)19)2-7(23)22-11/h2H,1,3,20H2,(H,21,22,23)/b8-5+,10-9+. The van der Waals surface area contributed by atoms with Gasteiger partial charge in [0.2, 0.25) is 5.95 Å². The Morgan fingerprint density at radius 1 is 1.33 bits per heavy atom. The van der Waals surface area contributed by atoms with E-state index in [0.717, 1.165) is 0 Å². The summed E-state index contributed by atoms with van der Waals surface area (Å²) >= 11 is 11.7. The Kier molecular flexibility index (Phi) is 6.87. The highest BCUT2D eigenvalue weighted by molar-refractivity contribution is 7.99. The average Bonchev–Trinajstić information content (AvgIpc) is 2.45. The Balaban J connectivity index is 3.20. The molecule has 0 saturated carbocycles. The van der Waals surface area contributed by atoms with Crippen molar-refractivity contribution >= 4 is 35.0 Å². The van der Waals surface area contributed by atoms with Crippen LogP contribution in [-0.4, -0.2) is 15.7 Å². The number of H-pyrrole nitrogens is 1. The average molecular weight is 408 g/mol. The van der Waals surface area contributed by atoms with Crippen LogP contribution in [0.15, 0.2) is 50.0 Å². The smallest absolute Gasteiger partial charge is 0.374 e. The van der Waals surface area contributed by atoms with E-state index < -0.39 is 50.2 Å². The molecule has 0 fully saturated rings. The molecule has 1 rings (SSSR count). The first kappa shape index (κ1) is 20.5. The maximum atomic E-state index is 13.1. The third kappa shape index (κ3) is 5.53. The van der Waals surface area contributed by atoms with Gasteiger partial charge in [0.1, 0.15) is 5.83 Å². The lowest BCUT2D eigenvalue weighted by Crippen LogP contribution is -2.17. The van der Waals surface area contributed by atoms with Gasteiger partial charge in [-0.3, -0.25) is 4.79 Å². The highest BCUT2D eigenvalue weighted by Crippen LogP contribution is 2.33. The quantitative estimate of drug-likeness (QED) is 0.252. The van der Waals surface area contributed by atoms with E-state index in [1.165, 1.54) is 0 Å². The zero-order valence-corrected chi connectivity index (χ0v) is 13.8. The molecule has 4 nitrogen and oxygen atoms in total. The van der Waals surface area contributed by atoms with E-state index in [0.29, 0.717) is 11.8 Å². The lowest BCUT2D eigenvalue weighted by atomic mass is 10.2. The number of nitrogens with one attached hydrogen (secondary N) is 1. The Morgan fingerprint density at radius 2 is 1.92 bits per heavy atom. The minimum absolute atomic E-state index is 0.267. The van der Waals surface area contributed by atoms with Crippen LogP contribution in [0.3, 0.4) is 0 Å². The topological polar surface area (TPSA) is 71.8 Å². The number of allylic oxidation sites excluding steroid dienone is 3. The van der Waals surface area contributed by atoms with Gasteiger partial charge in [0, 0.05) is 17.4 Å². The van der Waals surface area contributed by atoms with Gasteiger partial charge in [-0.05, 0) is 0 Å². The maximum Gasteiger partial charge on any atom is 0.433 e. The van der Waals surface area contributed by atoms with Crippen LogP contribution in [0.2, 0.25) is 0 Å². The van der Waals surface area contributed by atoms with Gasteiger partial charge in [0.25, 0.3) is 5.56 Å². The number of nitrogens with zero attached hydrogens (tertiary/aromatic N) is 1. The minimum atomic E-state index is -4.84. The van der Waals surface area contributed by atoms with Crippen LogP contribution in [0.1, 0.15) is 5.69 Å². The molecule has 1 aromatic heterocycles. The summed E-state index contributed by atoms with van der Waals surface area (Å²) in [5.41, 5.74) is 2.01. The van der Waals surface area contributed by atoms with Gasteiger partial charge in [-0.15, -0.1) is 0 Å². The molecule has 0 amide bonds. The Hall–Kier alpha value is -1.52. The van der Waals surface area contributed by atoms with Gasteiger partial charge in [-0.2, -0.15) is 17.6 Å². The molecule has 0 bridgehead atoms. The first-order valence-electron chi connectivity index (χ1n) is 5.79. The van der Waals surface area contributed by atoms with Gasteiger partial charge >= 0.3 is 6.18 Å². The van der Waals surface area contributed by atoms with Crippen LogP contribution >= 0.6 is 35.0 Å². The van der Waals surface area contributed by atoms with E-state index in [1.807, 2.05) is 4.98 Å². The second kappa shape index (κ2) is 8.04. The Morgan fingerprint density at radius 3 is 2.38 bits per heavy atom. The molecule has 24 heavy (non-hydrogen) atoms. The van der Waals surface area contributed by atoms with Crippen molar-refractivity contribution in [2.24, 2.45) is 5.73 Å². The van der Waals surface area contributed by atoms with Gasteiger partial charge < -0.3 is 10.7 Å². The number of nitrogens with two attached hydrogens (primary N) is 1. The van der Waals surface area contributed by atoms with Crippen molar-refractivity contribution in [3.8, 4) is 0 Å². The summed E-state index contributed by atoms with van der Waals surface area (Å²) in [6.07, 6.45) is -4.84. The minimum Gasteiger partial charge on any atom is -0.374 e. The van der Waals surface area contributed by atoms with Crippen LogP contribution in [0.5, 0.6) is 0 Å². The molecule has 0 unspecified atom stereocenters. The first-order chi connectivity index (χ1) is 10.9. The van der Waals surface area contributed by atoms with E-state index in [9.17, 15) is 26.7 Å². The normalized spacial score (nSPS) is 14.1. The van der Waals surface area contributed by atoms with E-state index in [4.69, 9.17) is 28.9 Å². The predicted molar refractivity (Wildman–Crippen MR) is 81.9 cm³/mol. The van der Waals surface area contributed by atoms with Crippen LogP contribution in [-0.2, 0) is 6.18 Å². The van der Waals surface area contributed by atoms with Crippen molar-refractivity contribution in [2.45, 2.75) is 11.3 Å². The summed E-state index contributed by atoms with van der Waals surface area (Å²) in [7, 11) is 0. The number of alkyl halides is 3. The second-order valence-corrected chi connectivity index (χ2v) is 5.80. The van der Waals surface area contributed by atoms with Crippen LogP contribution in [0.25, 0.3) is 0 Å². The molecule has 0 saturated heterocycles. The Labute approximate surface area is 146 Å². The lowest BCUT2D eigenvalue weighted by molar-refractivity contribution is -0.141. The van der Waals surface area contributed by atoms with Gasteiger partial charge in [-0.25, -0.2) is 9.37 Å². The predicted octanol–water partition coefficient (Wildman–Crippen LogP) is 4.19. The summed E-state index contributed by atoms with van der Waals surface area (Å²) in [5, 5.41) is -1.86. The summed E-state index contributed by atoms with van der Waals surface area (Å²) in [4.78, 5) is 16.5. The molecule has 1 heterocycles. The van der Waals surface area contributed by atoms with Crippen molar-refractivity contribution in [1.82, 2.24) is 9.97 Å². The number of hydrogen-bond donors (Lipinski definition) is 2. The van der Waals surface area contributed by atoms with Gasteiger partial charge in [-0.1, -0.05) is 41.5 Å². The van der Waals surface area contributed by atoms with Crippen molar-refractivity contribution < 1.29 is 22.0 Å². The molecule has 12 heteroatoms. The summed E-state index contributed by atoms with van der Waals surface area (Å²) in [6, 6.07) is 0.267. The van der Waals surface area contributed by atoms with Crippen molar-refractivity contribution in [3.05, 3.63) is 56.1 Å². The summed E-state index contributed by atoms with van der Waals surface area (Å²) < 4.78 is 64.0. The van der Waals surface area contributed by atoms with Crippen LogP contribution in [0, 0.1) is 0 Å². The molecule has 0 aliphatic carbocycles. The van der Waals surface area contributed by atoms with Crippen molar-refractivity contribution in [2.75, 3.05) is 5.75 Å². The van der Waals surface area contributed by atoms with Crippen molar-refractivity contribution in [3.63, 3.8) is 0 Å². The molecule has 0 aromatic carbocycles. The maximum absolute atomic E-state index is 13.1. The second-order valence-electron chi connectivity index (χ2n) is 4.08. The van der Waals surface area contributed by atoms with Gasteiger partial charge in [0.15, 0.2) is 10.9 Å². The molecule has 132 valence electrons. The van der Waals surface area contributed by atoms with Crippen LogP contribution in [0.4, 0.5) is 22.0 Å². The third-order valence-corrected chi connectivity index (χ3v) is 4.08. The largest absolute Gasteiger partial charge is 0.433 e. The fraction of sp³-hybridized carbons (Fsp3) is 0.167. The number of aromatic amines is 1. The Bertz CT molecular complexity index is 769. The molecule has 0 radical (unpaired) electrons. The zero-order chi connectivity index (χ0) is 18.7. The van der Waals surface area contributed by atoms with Crippen molar-refractivity contribution in [1.29, 1.82) is 0 Å². The van der Waals surface area contributed by atoms with E-state index >= 15 is 0 Å². The first-order valence-corrected chi connectivity index (χ1v) is 7.53. The molecule has 0 spiro atoms. The number of rotatable bonds is 5. The molecular weight excluding hydrogens is 400 g/mol. The molecular formula is C12H8Cl2F5N3OS. The monoisotopic (exact) mass is 407 g/mol. The highest BCUT2D eigenvalue weighted by Gasteiger charge is 2.33. The lowest BCUT2D eigenvalue weighted by Gasteiger charge is -2.10. The SMILES string of the molecule is C=C(F)/C(Cl)=C(CSc1nc(C(F)(F)F)cc(=O)[nH]1)\C(Cl)=C(/N)F. The number of thioether (sulfide) groups is 1. The van der Waals surface area contributed by atoms with E-state index in [1.54, 1.807) is 0 Å². The molecule has 0 atom stereocenters. The van der Waals surface area contributed by atoms with Gasteiger partial charge in [0.05, 0.1) is 10.1 Å². The molecule has 0 aliphatic rings. The molecule has 0 aliphatic heterocycles. The molecule has 1 aromatic rings. The number of hydrogen-bond acceptors (Lipinski definition) is 4.